The van der Waals surface area contributed by atoms with Crippen LogP contribution in [0, 0.1) is 6.92 Å². The third-order valence-electron chi connectivity index (χ3n) is 5.14. The molecule has 0 N–H and O–H groups in total. The van der Waals surface area contributed by atoms with Crippen molar-refractivity contribution in [2.24, 2.45) is 0 Å². The van der Waals surface area contributed by atoms with E-state index < -0.39 is 0 Å². The van der Waals surface area contributed by atoms with Gasteiger partial charge >= 0.3 is 0 Å². The zero-order valence-corrected chi connectivity index (χ0v) is 16.4. The maximum atomic E-state index is 12.8. The molecule has 2 aromatic heterocycles. The quantitative estimate of drug-likeness (QED) is 0.679. The molecular weight excluding hydrogens is 356 g/mol. The molecule has 3 heterocycles. The number of aromatic nitrogens is 3. The molecule has 1 aliphatic heterocycles. The lowest BCUT2D eigenvalue weighted by atomic mass is 9.96. The highest BCUT2D eigenvalue weighted by atomic mass is 32.1. The minimum atomic E-state index is 0.211. The molecule has 0 aliphatic carbocycles. The SMILES string of the molecule is Cc1cccc(CC(=O)N2CCC[C@@H](c3nccn3Cc3cscn3)C2)c1. The summed E-state index contributed by atoms with van der Waals surface area (Å²) < 4.78 is 2.17. The Bertz CT molecular complexity index is 903. The van der Waals surface area contributed by atoms with Gasteiger partial charge in [0.15, 0.2) is 0 Å². The van der Waals surface area contributed by atoms with Gasteiger partial charge in [-0.05, 0) is 25.3 Å². The molecule has 1 atom stereocenters. The summed E-state index contributed by atoms with van der Waals surface area (Å²) in [5, 5.41) is 2.07. The minimum Gasteiger partial charge on any atom is -0.342 e. The fourth-order valence-corrected chi connectivity index (χ4v) is 4.38. The van der Waals surface area contributed by atoms with Gasteiger partial charge in [-0.1, -0.05) is 29.8 Å². The van der Waals surface area contributed by atoms with E-state index in [-0.39, 0.29) is 11.8 Å². The average molecular weight is 381 g/mol. The number of aryl methyl sites for hydroxylation is 1. The summed E-state index contributed by atoms with van der Waals surface area (Å²) in [6.07, 6.45) is 6.44. The van der Waals surface area contributed by atoms with Crippen LogP contribution >= 0.6 is 11.3 Å². The van der Waals surface area contributed by atoms with E-state index in [1.54, 1.807) is 11.3 Å². The number of carbonyl (C=O) groups is 1. The van der Waals surface area contributed by atoms with E-state index in [0.717, 1.165) is 49.6 Å². The first kappa shape index (κ1) is 17.9. The molecule has 1 amide bonds. The Labute approximate surface area is 163 Å². The average Bonchev–Trinajstić information content (AvgIpc) is 3.34. The summed E-state index contributed by atoms with van der Waals surface area (Å²) >= 11 is 1.61. The number of nitrogens with zero attached hydrogens (tertiary/aromatic N) is 4. The van der Waals surface area contributed by atoms with Crippen LogP contribution < -0.4 is 0 Å². The zero-order valence-electron chi connectivity index (χ0n) is 15.5. The summed E-state index contributed by atoms with van der Waals surface area (Å²) in [5.74, 6) is 1.56. The third-order valence-corrected chi connectivity index (χ3v) is 5.78. The second-order valence-electron chi connectivity index (χ2n) is 7.24. The van der Waals surface area contributed by atoms with Crippen molar-refractivity contribution in [3.63, 3.8) is 0 Å². The molecular formula is C21H24N4OS. The maximum absolute atomic E-state index is 12.8. The molecule has 4 rings (SSSR count). The monoisotopic (exact) mass is 380 g/mol. The van der Waals surface area contributed by atoms with Crippen LogP contribution in [0.2, 0.25) is 0 Å². The third kappa shape index (κ3) is 4.27. The Morgan fingerprint density at radius 2 is 2.26 bits per heavy atom. The first-order chi connectivity index (χ1) is 13.2. The lowest BCUT2D eigenvalue weighted by molar-refractivity contribution is -0.131. The highest BCUT2D eigenvalue weighted by Crippen LogP contribution is 2.27. The van der Waals surface area contributed by atoms with Gasteiger partial charge in [-0.2, -0.15) is 0 Å². The van der Waals surface area contributed by atoms with E-state index in [0.29, 0.717) is 6.42 Å². The second-order valence-corrected chi connectivity index (χ2v) is 7.96. The molecule has 0 radical (unpaired) electrons. The number of imidazole rings is 1. The number of hydrogen-bond acceptors (Lipinski definition) is 4. The van der Waals surface area contributed by atoms with Gasteiger partial charge in [0, 0.05) is 36.8 Å². The van der Waals surface area contributed by atoms with E-state index in [4.69, 9.17) is 0 Å². The van der Waals surface area contributed by atoms with Crippen LogP contribution in [0.1, 0.15) is 41.4 Å². The van der Waals surface area contributed by atoms with Crippen molar-refractivity contribution in [3.8, 4) is 0 Å². The Hall–Kier alpha value is -2.47. The molecule has 0 spiro atoms. The number of carbonyl (C=O) groups excluding carboxylic acids is 1. The van der Waals surface area contributed by atoms with Crippen LogP contribution in [0.5, 0.6) is 0 Å². The van der Waals surface area contributed by atoms with Crippen LogP contribution in [-0.2, 0) is 17.8 Å². The Morgan fingerprint density at radius 1 is 1.33 bits per heavy atom. The summed E-state index contributed by atoms with van der Waals surface area (Å²) in [4.78, 5) is 23.8. The second kappa shape index (κ2) is 8.05. The van der Waals surface area contributed by atoms with Crippen LogP contribution in [-0.4, -0.2) is 38.4 Å². The van der Waals surface area contributed by atoms with Crippen molar-refractivity contribution in [2.75, 3.05) is 13.1 Å². The minimum absolute atomic E-state index is 0.211. The largest absolute Gasteiger partial charge is 0.342 e. The predicted octanol–water partition coefficient (Wildman–Crippen LogP) is 3.65. The van der Waals surface area contributed by atoms with Gasteiger partial charge in [0.05, 0.1) is 24.2 Å². The Balaban J connectivity index is 1.44. The Kier molecular flexibility index (Phi) is 5.34. The zero-order chi connectivity index (χ0) is 18.6. The van der Waals surface area contributed by atoms with Gasteiger partial charge in [-0.15, -0.1) is 11.3 Å². The van der Waals surface area contributed by atoms with Crippen molar-refractivity contribution in [1.82, 2.24) is 19.4 Å². The predicted molar refractivity (Wildman–Crippen MR) is 107 cm³/mol. The number of likely N-dealkylation sites (tertiary alicyclic amines) is 1. The van der Waals surface area contributed by atoms with Crippen LogP contribution in [0.15, 0.2) is 47.5 Å². The summed E-state index contributed by atoms with van der Waals surface area (Å²) in [5.41, 5.74) is 5.20. The highest BCUT2D eigenvalue weighted by Gasteiger charge is 2.27. The standard InChI is InChI=1S/C21H24N4OS/c1-16-4-2-5-17(10-16)11-20(26)24-8-3-6-18(12-24)21-22-7-9-25(21)13-19-14-27-15-23-19/h2,4-5,7,9-10,14-15,18H,3,6,8,11-13H2,1H3/t18-/m1/s1. The molecule has 0 bridgehead atoms. The summed E-state index contributed by atoms with van der Waals surface area (Å²) in [6.45, 7) is 4.40. The fourth-order valence-electron chi connectivity index (χ4n) is 3.83. The number of piperidine rings is 1. The highest BCUT2D eigenvalue weighted by molar-refractivity contribution is 7.07. The van der Waals surface area contributed by atoms with Gasteiger partial charge in [0.2, 0.25) is 5.91 Å². The van der Waals surface area contributed by atoms with Crippen molar-refractivity contribution in [2.45, 2.75) is 38.6 Å². The van der Waals surface area contributed by atoms with Crippen LogP contribution in [0.4, 0.5) is 0 Å². The first-order valence-electron chi connectivity index (χ1n) is 9.40. The molecule has 1 saturated heterocycles. The van der Waals surface area contributed by atoms with E-state index in [2.05, 4.69) is 39.0 Å². The molecule has 1 fully saturated rings. The van der Waals surface area contributed by atoms with E-state index >= 15 is 0 Å². The lowest BCUT2D eigenvalue weighted by Gasteiger charge is -2.33. The Morgan fingerprint density at radius 3 is 3.07 bits per heavy atom. The first-order valence-corrected chi connectivity index (χ1v) is 10.3. The fraction of sp³-hybridized carbons (Fsp3) is 0.381. The van der Waals surface area contributed by atoms with Crippen LogP contribution in [0.25, 0.3) is 0 Å². The summed E-state index contributed by atoms with van der Waals surface area (Å²) in [7, 11) is 0. The van der Waals surface area contributed by atoms with Crippen molar-refractivity contribution < 1.29 is 4.79 Å². The smallest absolute Gasteiger partial charge is 0.227 e. The number of amides is 1. The van der Waals surface area contributed by atoms with Gasteiger partial charge in [-0.3, -0.25) is 4.79 Å². The molecule has 5 nitrogen and oxygen atoms in total. The molecule has 0 unspecified atom stereocenters. The van der Waals surface area contributed by atoms with Gasteiger partial charge < -0.3 is 9.47 Å². The van der Waals surface area contributed by atoms with E-state index in [1.165, 1.54) is 5.56 Å². The number of thiazole rings is 1. The van der Waals surface area contributed by atoms with Gasteiger partial charge in [0.1, 0.15) is 5.82 Å². The maximum Gasteiger partial charge on any atom is 0.227 e. The molecule has 140 valence electrons. The van der Waals surface area contributed by atoms with Gasteiger partial charge in [0.25, 0.3) is 0 Å². The lowest BCUT2D eigenvalue weighted by Crippen LogP contribution is -2.40. The normalized spacial score (nSPS) is 17.2. The molecule has 6 heteroatoms. The van der Waals surface area contributed by atoms with Gasteiger partial charge in [-0.25, -0.2) is 9.97 Å². The molecule has 1 aliphatic rings. The van der Waals surface area contributed by atoms with E-state index in [9.17, 15) is 4.79 Å². The molecule has 27 heavy (non-hydrogen) atoms. The van der Waals surface area contributed by atoms with Crippen LogP contribution in [0.3, 0.4) is 0 Å². The molecule has 0 saturated carbocycles. The molecule has 1 aromatic carbocycles. The molecule has 3 aromatic rings. The summed E-state index contributed by atoms with van der Waals surface area (Å²) in [6, 6.07) is 8.21. The number of benzene rings is 1. The van der Waals surface area contributed by atoms with E-state index in [1.807, 2.05) is 34.9 Å². The van der Waals surface area contributed by atoms with Crippen molar-refractivity contribution in [3.05, 3.63) is 70.2 Å². The topological polar surface area (TPSA) is 51.0 Å². The number of rotatable bonds is 5. The number of hydrogen-bond donors (Lipinski definition) is 0. The van der Waals surface area contributed by atoms with Crippen molar-refractivity contribution >= 4 is 17.2 Å². The van der Waals surface area contributed by atoms with Crippen molar-refractivity contribution in [1.29, 1.82) is 0 Å².